The largest absolute Gasteiger partial charge is 0.481 e. The van der Waals surface area contributed by atoms with Crippen LogP contribution in [-0.4, -0.2) is 31.5 Å². The number of carbonyl (C=O) groups is 2. The van der Waals surface area contributed by atoms with Crippen LogP contribution in [0.25, 0.3) is 0 Å². The SMILES string of the molecule is CCCC/C(=N\C(=O)c1ccc(C(=O)OC)cc1)OCC. The normalized spacial score (nSPS) is 11.1. The number of esters is 1. The number of benzene rings is 1. The molecule has 0 saturated carbocycles. The van der Waals surface area contributed by atoms with Crippen molar-refractivity contribution in [3.8, 4) is 0 Å². The number of unbranched alkanes of at least 4 members (excludes halogenated alkanes) is 1. The van der Waals surface area contributed by atoms with Crippen LogP contribution >= 0.6 is 0 Å². The van der Waals surface area contributed by atoms with Gasteiger partial charge in [-0.3, -0.25) is 4.79 Å². The van der Waals surface area contributed by atoms with E-state index >= 15 is 0 Å². The topological polar surface area (TPSA) is 65.0 Å². The molecule has 1 aromatic carbocycles. The Morgan fingerprint density at radius 3 is 2.24 bits per heavy atom. The van der Waals surface area contributed by atoms with Crippen LogP contribution in [-0.2, 0) is 9.47 Å². The van der Waals surface area contributed by atoms with Crippen molar-refractivity contribution >= 4 is 17.8 Å². The molecule has 0 saturated heterocycles. The molecule has 114 valence electrons. The molecule has 0 aliphatic rings. The fourth-order valence-corrected chi connectivity index (χ4v) is 1.70. The highest BCUT2D eigenvalue weighted by Crippen LogP contribution is 2.08. The Hall–Kier alpha value is -2.17. The Morgan fingerprint density at radius 1 is 1.10 bits per heavy atom. The summed E-state index contributed by atoms with van der Waals surface area (Å²) in [4.78, 5) is 27.4. The summed E-state index contributed by atoms with van der Waals surface area (Å²) >= 11 is 0. The van der Waals surface area contributed by atoms with E-state index in [9.17, 15) is 9.59 Å². The van der Waals surface area contributed by atoms with E-state index in [1.165, 1.54) is 7.11 Å². The lowest BCUT2D eigenvalue weighted by Crippen LogP contribution is -2.09. The average molecular weight is 291 g/mol. The minimum atomic E-state index is -0.435. The molecule has 0 bridgehead atoms. The van der Waals surface area contributed by atoms with Crippen LogP contribution in [0.5, 0.6) is 0 Å². The molecule has 5 nitrogen and oxygen atoms in total. The molecule has 0 aliphatic heterocycles. The summed E-state index contributed by atoms with van der Waals surface area (Å²) in [5.41, 5.74) is 0.811. The zero-order chi connectivity index (χ0) is 15.7. The highest BCUT2D eigenvalue weighted by Gasteiger charge is 2.10. The van der Waals surface area contributed by atoms with Crippen LogP contribution in [0, 0.1) is 0 Å². The van der Waals surface area contributed by atoms with Crippen molar-refractivity contribution in [2.45, 2.75) is 33.1 Å². The molecule has 1 amide bonds. The maximum atomic E-state index is 12.1. The third-order valence-corrected chi connectivity index (χ3v) is 2.83. The second-order valence-electron chi connectivity index (χ2n) is 4.42. The minimum absolute atomic E-state index is 0.369. The van der Waals surface area contributed by atoms with E-state index in [2.05, 4.69) is 16.7 Å². The third-order valence-electron chi connectivity index (χ3n) is 2.83. The van der Waals surface area contributed by atoms with E-state index in [1.807, 2.05) is 6.92 Å². The van der Waals surface area contributed by atoms with Crippen LogP contribution in [0.15, 0.2) is 29.3 Å². The van der Waals surface area contributed by atoms with Crippen molar-refractivity contribution < 1.29 is 19.1 Å². The Kier molecular flexibility index (Phi) is 7.15. The number of hydrogen-bond acceptors (Lipinski definition) is 4. The van der Waals surface area contributed by atoms with Crippen LogP contribution in [0.2, 0.25) is 0 Å². The molecule has 0 fully saturated rings. The standard InChI is InChI=1S/C16H21NO4/c1-4-6-7-14(21-5-2)17-15(18)12-8-10-13(11-9-12)16(19)20-3/h8-11H,4-7H2,1-3H3/b17-14+. The molecular formula is C16H21NO4. The van der Waals surface area contributed by atoms with Gasteiger partial charge >= 0.3 is 5.97 Å². The molecule has 0 heterocycles. The van der Waals surface area contributed by atoms with Gasteiger partial charge in [-0.1, -0.05) is 13.3 Å². The molecule has 1 aromatic rings. The first-order valence-corrected chi connectivity index (χ1v) is 7.05. The van der Waals surface area contributed by atoms with E-state index in [1.54, 1.807) is 24.3 Å². The maximum absolute atomic E-state index is 12.1. The number of ether oxygens (including phenoxy) is 2. The summed E-state index contributed by atoms with van der Waals surface area (Å²) in [6, 6.07) is 6.20. The highest BCUT2D eigenvalue weighted by molar-refractivity contribution is 6.02. The highest BCUT2D eigenvalue weighted by atomic mass is 16.5. The van der Waals surface area contributed by atoms with E-state index < -0.39 is 5.97 Å². The van der Waals surface area contributed by atoms with Crippen molar-refractivity contribution in [1.29, 1.82) is 0 Å². The lowest BCUT2D eigenvalue weighted by molar-refractivity contribution is 0.0600. The first kappa shape index (κ1) is 16.9. The van der Waals surface area contributed by atoms with Gasteiger partial charge < -0.3 is 9.47 Å². The molecule has 0 N–H and O–H groups in total. The number of rotatable bonds is 6. The second kappa shape index (κ2) is 8.89. The monoisotopic (exact) mass is 291 g/mol. The van der Waals surface area contributed by atoms with Crippen LogP contribution in [0.1, 0.15) is 53.8 Å². The van der Waals surface area contributed by atoms with Crippen molar-refractivity contribution in [3.05, 3.63) is 35.4 Å². The lowest BCUT2D eigenvalue weighted by Gasteiger charge is -2.06. The zero-order valence-corrected chi connectivity index (χ0v) is 12.7. The molecule has 0 spiro atoms. The average Bonchev–Trinajstić information content (AvgIpc) is 2.52. The quantitative estimate of drug-likeness (QED) is 0.458. The Bertz CT molecular complexity index is 506. The fourth-order valence-electron chi connectivity index (χ4n) is 1.70. The summed E-state index contributed by atoms with van der Waals surface area (Å²) < 4.78 is 9.98. The van der Waals surface area contributed by atoms with Crippen molar-refractivity contribution in [2.75, 3.05) is 13.7 Å². The first-order chi connectivity index (χ1) is 10.1. The Labute approximate surface area is 125 Å². The number of methoxy groups -OCH3 is 1. The number of carbonyl (C=O) groups excluding carboxylic acids is 2. The molecule has 0 aromatic heterocycles. The zero-order valence-electron chi connectivity index (χ0n) is 12.7. The smallest absolute Gasteiger partial charge is 0.337 e. The van der Waals surface area contributed by atoms with Gasteiger partial charge in [0.05, 0.1) is 19.3 Å². The summed E-state index contributed by atoms with van der Waals surface area (Å²) in [6.45, 7) is 4.41. The number of hydrogen-bond donors (Lipinski definition) is 0. The van der Waals surface area contributed by atoms with E-state index in [0.29, 0.717) is 30.1 Å². The first-order valence-electron chi connectivity index (χ1n) is 7.05. The van der Waals surface area contributed by atoms with Gasteiger partial charge in [0.25, 0.3) is 5.91 Å². The van der Waals surface area contributed by atoms with Gasteiger partial charge in [0.15, 0.2) is 5.90 Å². The maximum Gasteiger partial charge on any atom is 0.337 e. The summed E-state index contributed by atoms with van der Waals surface area (Å²) in [6.07, 6.45) is 2.58. The van der Waals surface area contributed by atoms with Gasteiger partial charge in [-0.05, 0) is 37.6 Å². The molecule has 21 heavy (non-hydrogen) atoms. The molecule has 0 aliphatic carbocycles. The molecule has 5 heteroatoms. The van der Waals surface area contributed by atoms with Gasteiger partial charge in [0.1, 0.15) is 0 Å². The molecule has 0 unspecified atom stereocenters. The van der Waals surface area contributed by atoms with Gasteiger partial charge in [0, 0.05) is 12.0 Å². The van der Waals surface area contributed by atoms with Crippen molar-refractivity contribution in [2.24, 2.45) is 4.99 Å². The molecule has 0 radical (unpaired) electrons. The van der Waals surface area contributed by atoms with E-state index in [0.717, 1.165) is 12.8 Å². The minimum Gasteiger partial charge on any atom is -0.481 e. The Balaban J connectivity index is 2.83. The summed E-state index contributed by atoms with van der Waals surface area (Å²) in [5.74, 6) is -0.345. The van der Waals surface area contributed by atoms with Crippen LogP contribution in [0.4, 0.5) is 0 Å². The second-order valence-corrected chi connectivity index (χ2v) is 4.42. The van der Waals surface area contributed by atoms with Crippen molar-refractivity contribution in [1.82, 2.24) is 0 Å². The predicted molar refractivity (Wildman–Crippen MR) is 80.7 cm³/mol. The van der Waals surface area contributed by atoms with Gasteiger partial charge in [-0.25, -0.2) is 4.79 Å². The number of nitrogens with zero attached hydrogens (tertiary/aromatic N) is 1. The van der Waals surface area contributed by atoms with E-state index in [-0.39, 0.29) is 5.91 Å². The van der Waals surface area contributed by atoms with Crippen LogP contribution < -0.4 is 0 Å². The Morgan fingerprint density at radius 2 is 1.71 bits per heavy atom. The molecule has 1 rings (SSSR count). The van der Waals surface area contributed by atoms with Crippen molar-refractivity contribution in [3.63, 3.8) is 0 Å². The van der Waals surface area contributed by atoms with Gasteiger partial charge in [0.2, 0.25) is 0 Å². The van der Waals surface area contributed by atoms with Gasteiger partial charge in [-0.2, -0.15) is 4.99 Å². The molecule has 0 atom stereocenters. The third kappa shape index (κ3) is 5.38. The predicted octanol–water partition coefficient (Wildman–Crippen LogP) is 3.24. The van der Waals surface area contributed by atoms with E-state index in [4.69, 9.17) is 4.74 Å². The molecular weight excluding hydrogens is 270 g/mol. The summed E-state index contributed by atoms with van der Waals surface area (Å²) in [7, 11) is 1.31. The van der Waals surface area contributed by atoms with Gasteiger partial charge in [-0.15, -0.1) is 0 Å². The lowest BCUT2D eigenvalue weighted by atomic mass is 10.1. The number of aliphatic imine (C=N–C) groups is 1. The summed E-state index contributed by atoms with van der Waals surface area (Å²) in [5, 5.41) is 0. The number of amides is 1. The fraction of sp³-hybridized carbons (Fsp3) is 0.438. The van der Waals surface area contributed by atoms with Crippen LogP contribution in [0.3, 0.4) is 0 Å².